The van der Waals surface area contributed by atoms with Crippen molar-refractivity contribution in [2.45, 2.75) is 20.4 Å². The van der Waals surface area contributed by atoms with Gasteiger partial charge in [0.1, 0.15) is 5.75 Å². The van der Waals surface area contributed by atoms with Gasteiger partial charge in [-0.1, -0.05) is 18.7 Å². The average molecular weight is 382 g/mol. The van der Waals surface area contributed by atoms with Crippen molar-refractivity contribution >= 4 is 23.7 Å². The molecule has 0 heterocycles. The molecule has 0 fully saturated rings. The normalized spacial score (nSPS) is 9.93. The first kappa shape index (κ1) is 20.7. The number of nitrogens with one attached hydrogen (secondary N) is 2. The Bertz CT molecular complexity index is 857. The molecular formula is C21H22N2O5. The number of benzene rings is 2. The van der Waals surface area contributed by atoms with Crippen LogP contribution in [0.5, 0.6) is 5.75 Å². The van der Waals surface area contributed by atoms with Gasteiger partial charge < -0.3 is 20.1 Å². The van der Waals surface area contributed by atoms with Crippen molar-refractivity contribution in [2.75, 3.05) is 11.9 Å². The van der Waals surface area contributed by atoms with Crippen molar-refractivity contribution in [3.05, 3.63) is 71.8 Å². The molecule has 7 heteroatoms. The van der Waals surface area contributed by atoms with Crippen molar-refractivity contribution in [2.24, 2.45) is 0 Å². The Morgan fingerprint density at radius 3 is 2.21 bits per heavy atom. The third-order valence-corrected chi connectivity index (χ3v) is 3.63. The SMILES string of the molecule is C=C(C)C(=O)Nc1ccc(CNC(=O)c2ccc(OC(=O)OCC)cc2)cc1. The minimum absolute atomic E-state index is 0.223. The van der Waals surface area contributed by atoms with E-state index in [1.807, 2.05) is 12.1 Å². The Balaban J connectivity index is 1.87. The van der Waals surface area contributed by atoms with Crippen LogP contribution in [0.2, 0.25) is 0 Å². The van der Waals surface area contributed by atoms with Crippen LogP contribution in [-0.2, 0) is 16.1 Å². The van der Waals surface area contributed by atoms with Gasteiger partial charge in [0, 0.05) is 23.4 Å². The number of hydrogen-bond acceptors (Lipinski definition) is 5. The monoisotopic (exact) mass is 382 g/mol. The highest BCUT2D eigenvalue weighted by Gasteiger charge is 2.09. The summed E-state index contributed by atoms with van der Waals surface area (Å²) in [5.74, 6) is -0.207. The molecule has 0 aliphatic heterocycles. The molecule has 2 aromatic rings. The van der Waals surface area contributed by atoms with Gasteiger partial charge in [-0.05, 0) is 55.8 Å². The molecule has 0 saturated heterocycles. The second-order valence-corrected chi connectivity index (χ2v) is 5.92. The molecule has 0 unspecified atom stereocenters. The summed E-state index contributed by atoms with van der Waals surface area (Å²) in [5.41, 5.74) is 2.39. The summed E-state index contributed by atoms with van der Waals surface area (Å²) in [4.78, 5) is 35.1. The Hall–Kier alpha value is -3.61. The van der Waals surface area contributed by atoms with Gasteiger partial charge in [0.05, 0.1) is 6.61 Å². The molecule has 0 saturated carbocycles. The Kier molecular flexibility index (Phi) is 7.33. The number of hydrogen-bond donors (Lipinski definition) is 2. The maximum atomic E-state index is 12.2. The molecule has 0 atom stereocenters. The van der Waals surface area contributed by atoms with Gasteiger partial charge in [0.15, 0.2) is 0 Å². The number of ether oxygens (including phenoxy) is 2. The van der Waals surface area contributed by atoms with Crippen LogP contribution < -0.4 is 15.4 Å². The highest BCUT2D eigenvalue weighted by molar-refractivity contribution is 6.02. The van der Waals surface area contributed by atoms with Gasteiger partial charge >= 0.3 is 6.16 Å². The van der Waals surface area contributed by atoms with E-state index in [9.17, 15) is 14.4 Å². The second-order valence-electron chi connectivity index (χ2n) is 5.92. The molecular weight excluding hydrogens is 360 g/mol. The fourth-order valence-corrected chi connectivity index (χ4v) is 2.15. The lowest BCUT2D eigenvalue weighted by atomic mass is 10.1. The third kappa shape index (κ3) is 6.28. The summed E-state index contributed by atoms with van der Waals surface area (Å²) in [7, 11) is 0. The van der Waals surface area contributed by atoms with Crippen LogP contribution in [0, 0.1) is 0 Å². The molecule has 2 rings (SSSR count). The molecule has 7 nitrogen and oxygen atoms in total. The van der Waals surface area contributed by atoms with E-state index < -0.39 is 6.16 Å². The zero-order chi connectivity index (χ0) is 20.5. The van der Waals surface area contributed by atoms with E-state index in [0.29, 0.717) is 29.1 Å². The van der Waals surface area contributed by atoms with Gasteiger partial charge in [0.2, 0.25) is 0 Å². The Morgan fingerprint density at radius 1 is 1.00 bits per heavy atom. The zero-order valence-corrected chi connectivity index (χ0v) is 15.8. The van der Waals surface area contributed by atoms with Crippen molar-refractivity contribution in [3.8, 4) is 5.75 Å². The predicted molar refractivity (Wildman–Crippen MR) is 105 cm³/mol. The van der Waals surface area contributed by atoms with Crippen molar-refractivity contribution < 1.29 is 23.9 Å². The quantitative estimate of drug-likeness (QED) is 0.433. The van der Waals surface area contributed by atoms with E-state index in [-0.39, 0.29) is 18.4 Å². The average Bonchev–Trinajstić information content (AvgIpc) is 2.68. The largest absolute Gasteiger partial charge is 0.513 e. The summed E-state index contributed by atoms with van der Waals surface area (Å²) in [6, 6.07) is 13.3. The number of carbonyl (C=O) groups excluding carboxylic acids is 3. The number of amides is 2. The summed E-state index contributed by atoms with van der Waals surface area (Å²) < 4.78 is 9.63. The lowest BCUT2D eigenvalue weighted by Gasteiger charge is -2.08. The third-order valence-electron chi connectivity index (χ3n) is 3.63. The number of carbonyl (C=O) groups is 3. The summed E-state index contributed by atoms with van der Waals surface area (Å²) in [6.45, 7) is 7.45. The molecule has 0 radical (unpaired) electrons. The molecule has 2 amide bonds. The van der Waals surface area contributed by atoms with Crippen molar-refractivity contribution in [1.82, 2.24) is 5.32 Å². The van der Waals surface area contributed by atoms with Crippen LogP contribution in [0.4, 0.5) is 10.5 Å². The fraction of sp³-hybridized carbons (Fsp3) is 0.190. The predicted octanol–water partition coefficient (Wildman–Crippen LogP) is 3.67. The summed E-state index contributed by atoms with van der Waals surface area (Å²) in [6.07, 6.45) is -0.789. The van der Waals surface area contributed by atoms with Crippen LogP contribution >= 0.6 is 0 Å². The lowest BCUT2D eigenvalue weighted by Crippen LogP contribution is -2.22. The second kappa shape index (κ2) is 9.91. The van der Waals surface area contributed by atoms with E-state index in [2.05, 4.69) is 21.9 Å². The van der Waals surface area contributed by atoms with Gasteiger partial charge in [-0.15, -0.1) is 0 Å². The molecule has 28 heavy (non-hydrogen) atoms. The molecule has 0 aliphatic rings. The zero-order valence-electron chi connectivity index (χ0n) is 15.8. The molecule has 146 valence electrons. The van der Waals surface area contributed by atoms with Crippen LogP contribution in [0.15, 0.2) is 60.7 Å². The molecule has 0 spiro atoms. The maximum absolute atomic E-state index is 12.2. The van der Waals surface area contributed by atoms with Crippen LogP contribution in [0.1, 0.15) is 29.8 Å². The van der Waals surface area contributed by atoms with Gasteiger partial charge in [0.25, 0.3) is 11.8 Å². The van der Waals surface area contributed by atoms with Crippen LogP contribution in [0.25, 0.3) is 0 Å². The summed E-state index contributed by atoms with van der Waals surface area (Å²) in [5, 5.41) is 5.52. The van der Waals surface area contributed by atoms with Gasteiger partial charge in [-0.25, -0.2) is 4.79 Å². The van der Waals surface area contributed by atoms with Gasteiger partial charge in [-0.2, -0.15) is 0 Å². The smallest absolute Gasteiger partial charge is 0.434 e. The van der Waals surface area contributed by atoms with E-state index in [0.717, 1.165) is 5.56 Å². The molecule has 0 aliphatic carbocycles. The maximum Gasteiger partial charge on any atom is 0.513 e. The molecule has 0 aromatic heterocycles. The van der Waals surface area contributed by atoms with Crippen LogP contribution in [0.3, 0.4) is 0 Å². The van der Waals surface area contributed by atoms with E-state index in [1.54, 1.807) is 38.1 Å². The van der Waals surface area contributed by atoms with E-state index in [4.69, 9.17) is 4.74 Å². The minimum atomic E-state index is -0.789. The standard InChI is InChI=1S/C21H22N2O5/c1-4-27-21(26)28-18-11-7-16(8-12-18)20(25)22-13-15-5-9-17(10-6-15)23-19(24)14(2)3/h5-12H,2,4,13H2,1,3H3,(H,22,25)(H,23,24). The first-order valence-corrected chi connectivity index (χ1v) is 8.67. The Morgan fingerprint density at radius 2 is 1.64 bits per heavy atom. The Labute approximate surface area is 163 Å². The lowest BCUT2D eigenvalue weighted by molar-refractivity contribution is -0.112. The van der Waals surface area contributed by atoms with Gasteiger partial charge in [-0.3, -0.25) is 9.59 Å². The van der Waals surface area contributed by atoms with E-state index >= 15 is 0 Å². The van der Waals surface area contributed by atoms with Crippen molar-refractivity contribution in [3.63, 3.8) is 0 Å². The highest BCUT2D eigenvalue weighted by atomic mass is 16.7. The van der Waals surface area contributed by atoms with Crippen molar-refractivity contribution in [1.29, 1.82) is 0 Å². The number of rotatable bonds is 7. The first-order chi connectivity index (χ1) is 13.4. The molecule has 0 bridgehead atoms. The van der Waals surface area contributed by atoms with E-state index in [1.165, 1.54) is 12.1 Å². The number of anilines is 1. The molecule has 2 aromatic carbocycles. The summed E-state index contributed by atoms with van der Waals surface area (Å²) >= 11 is 0. The minimum Gasteiger partial charge on any atom is -0.434 e. The topological polar surface area (TPSA) is 93.7 Å². The fourth-order valence-electron chi connectivity index (χ4n) is 2.15. The van der Waals surface area contributed by atoms with Crippen LogP contribution in [-0.4, -0.2) is 24.6 Å². The molecule has 2 N–H and O–H groups in total. The first-order valence-electron chi connectivity index (χ1n) is 8.67. The highest BCUT2D eigenvalue weighted by Crippen LogP contribution is 2.14.